The first-order valence-electron chi connectivity index (χ1n) is 8.51. The van der Waals surface area contributed by atoms with Crippen LogP contribution < -0.4 is 4.90 Å². The molecule has 0 spiro atoms. The molecule has 0 atom stereocenters. The molecule has 1 aliphatic heterocycles. The van der Waals surface area contributed by atoms with E-state index in [1.165, 1.54) is 6.33 Å². The minimum Gasteiger partial charge on any atom is -0.353 e. The molecule has 1 saturated heterocycles. The standard InChI is InChI=1S/C18H19N7O/c1-14-12-16(25-18(22-14)20-13-21-25)23-8-10-24(11-9-23)17(26)6-5-15-4-2-3-7-19-15/h2-7,12-13H,8-11H2,1H3. The van der Waals surface area contributed by atoms with Crippen LogP contribution in [0.25, 0.3) is 11.9 Å². The van der Waals surface area contributed by atoms with Crippen LogP contribution in [0, 0.1) is 6.92 Å². The molecule has 1 fully saturated rings. The summed E-state index contributed by atoms with van der Waals surface area (Å²) in [6, 6.07) is 7.62. The summed E-state index contributed by atoms with van der Waals surface area (Å²) in [5, 5.41) is 4.25. The fourth-order valence-electron chi connectivity index (χ4n) is 3.03. The molecular weight excluding hydrogens is 330 g/mol. The van der Waals surface area contributed by atoms with Crippen molar-refractivity contribution in [3.8, 4) is 0 Å². The third-order valence-electron chi connectivity index (χ3n) is 4.36. The lowest BCUT2D eigenvalue weighted by atomic mass is 10.2. The van der Waals surface area contributed by atoms with Gasteiger partial charge in [-0.1, -0.05) is 6.07 Å². The molecule has 0 bridgehead atoms. The molecule has 0 N–H and O–H groups in total. The molecule has 4 heterocycles. The van der Waals surface area contributed by atoms with Gasteiger partial charge in [-0.05, 0) is 25.1 Å². The number of carbonyl (C=O) groups excluding carboxylic acids is 1. The van der Waals surface area contributed by atoms with E-state index in [1.807, 2.05) is 36.1 Å². The molecule has 8 heteroatoms. The Morgan fingerprint density at radius 3 is 2.77 bits per heavy atom. The zero-order chi connectivity index (χ0) is 17.9. The summed E-state index contributed by atoms with van der Waals surface area (Å²) < 4.78 is 1.74. The highest BCUT2D eigenvalue weighted by Crippen LogP contribution is 2.18. The van der Waals surface area contributed by atoms with Gasteiger partial charge in [-0.25, -0.2) is 4.98 Å². The largest absolute Gasteiger partial charge is 0.353 e. The van der Waals surface area contributed by atoms with E-state index >= 15 is 0 Å². The molecule has 3 aromatic heterocycles. The minimum absolute atomic E-state index is 0.00659. The molecule has 4 rings (SSSR count). The fourth-order valence-corrected chi connectivity index (χ4v) is 3.03. The van der Waals surface area contributed by atoms with Crippen molar-refractivity contribution in [2.75, 3.05) is 31.1 Å². The Morgan fingerprint density at radius 2 is 2.00 bits per heavy atom. The first-order chi connectivity index (χ1) is 12.7. The number of piperazine rings is 1. The fraction of sp³-hybridized carbons (Fsp3) is 0.278. The van der Waals surface area contributed by atoms with E-state index in [1.54, 1.807) is 22.9 Å². The quantitative estimate of drug-likeness (QED) is 0.661. The van der Waals surface area contributed by atoms with E-state index in [0.29, 0.717) is 18.9 Å². The number of pyridine rings is 1. The Hall–Kier alpha value is -3.29. The van der Waals surface area contributed by atoms with Crippen molar-refractivity contribution in [3.05, 3.63) is 54.3 Å². The highest BCUT2D eigenvalue weighted by molar-refractivity contribution is 5.91. The number of hydrogen-bond acceptors (Lipinski definition) is 6. The molecule has 1 amide bonds. The third kappa shape index (κ3) is 3.26. The average molecular weight is 349 g/mol. The third-order valence-corrected chi connectivity index (χ3v) is 4.36. The zero-order valence-electron chi connectivity index (χ0n) is 14.5. The van der Waals surface area contributed by atoms with Crippen LogP contribution in [0.3, 0.4) is 0 Å². The van der Waals surface area contributed by atoms with Crippen LogP contribution >= 0.6 is 0 Å². The van der Waals surface area contributed by atoms with Gasteiger partial charge in [0, 0.05) is 50.2 Å². The number of fused-ring (bicyclic) bond motifs is 1. The maximum atomic E-state index is 12.4. The number of aryl methyl sites for hydroxylation is 1. The Kier molecular flexibility index (Phi) is 4.30. The van der Waals surface area contributed by atoms with Gasteiger partial charge in [0.1, 0.15) is 12.1 Å². The van der Waals surface area contributed by atoms with E-state index in [0.717, 1.165) is 30.3 Å². The van der Waals surface area contributed by atoms with Crippen molar-refractivity contribution in [1.29, 1.82) is 0 Å². The number of anilines is 1. The second kappa shape index (κ2) is 6.91. The van der Waals surface area contributed by atoms with E-state index in [4.69, 9.17) is 0 Å². The highest BCUT2D eigenvalue weighted by Gasteiger charge is 2.22. The van der Waals surface area contributed by atoms with Crippen LogP contribution in [-0.4, -0.2) is 61.6 Å². The van der Waals surface area contributed by atoms with Gasteiger partial charge in [0.15, 0.2) is 0 Å². The predicted molar refractivity (Wildman–Crippen MR) is 97.6 cm³/mol. The highest BCUT2D eigenvalue weighted by atomic mass is 16.2. The van der Waals surface area contributed by atoms with Gasteiger partial charge in [0.05, 0.1) is 5.69 Å². The van der Waals surface area contributed by atoms with E-state index < -0.39 is 0 Å². The van der Waals surface area contributed by atoms with Gasteiger partial charge in [-0.2, -0.15) is 14.6 Å². The van der Waals surface area contributed by atoms with E-state index in [9.17, 15) is 4.79 Å². The monoisotopic (exact) mass is 349 g/mol. The Bertz CT molecular complexity index is 943. The topological polar surface area (TPSA) is 79.5 Å². The Balaban J connectivity index is 1.43. The molecule has 0 saturated carbocycles. The molecule has 0 radical (unpaired) electrons. The molecule has 132 valence electrons. The molecule has 3 aromatic rings. The zero-order valence-corrected chi connectivity index (χ0v) is 14.5. The summed E-state index contributed by atoms with van der Waals surface area (Å²) in [7, 11) is 0. The second-order valence-electron chi connectivity index (χ2n) is 6.13. The summed E-state index contributed by atoms with van der Waals surface area (Å²) in [5.41, 5.74) is 1.68. The summed E-state index contributed by atoms with van der Waals surface area (Å²) in [6.07, 6.45) is 6.56. The van der Waals surface area contributed by atoms with Crippen molar-refractivity contribution < 1.29 is 4.79 Å². The van der Waals surface area contributed by atoms with E-state index in [2.05, 4.69) is 25.0 Å². The van der Waals surface area contributed by atoms with E-state index in [-0.39, 0.29) is 5.91 Å². The predicted octanol–water partition coefficient (Wildman–Crippen LogP) is 1.19. The lowest BCUT2D eigenvalue weighted by Crippen LogP contribution is -2.48. The average Bonchev–Trinajstić information content (AvgIpc) is 3.15. The number of rotatable bonds is 3. The van der Waals surface area contributed by atoms with Gasteiger partial charge < -0.3 is 9.80 Å². The van der Waals surface area contributed by atoms with Crippen LogP contribution in [-0.2, 0) is 4.79 Å². The van der Waals surface area contributed by atoms with Gasteiger partial charge in [0.2, 0.25) is 5.91 Å². The van der Waals surface area contributed by atoms with Crippen molar-refractivity contribution in [1.82, 2.24) is 29.5 Å². The minimum atomic E-state index is 0.00659. The smallest absolute Gasteiger partial charge is 0.254 e. The SMILES string of the molecule is Cc1cc(N2CCN(C(=O)C=Cc3ccccn3)CC2)n2ncnc2n1. The maximum absolute atomic E-state index is 12.4. The van der Waals surface area contributed by atoms with Crippen LogP contribution in [0.1, 0.15) is 11.4 Å². The molecular formula is C18H19N7O. The number of aromatic nitrogens is 5. The molecule has 0 unspecified atom stereocenters. The molecule has 0 aliphatic carbocycles. The summed E-state index contributed by atoms with van der Waals surface area (Å²) in [6.45, 7) is 4.73. The lowest BCUT2D eigenvalue weighted by molar-refractivity contribution is -0.126. The van der Waals surface area contributed by atoms with Crippen LogP contribution in [0.5, 0.6) is 0 Å². The Labute approximate surface area is 150 Å². The van der Waals surface area contributed by atoms with Gasteiger partial charge in [0.25, 0.3) is 5.78 Å². The van der Waals surface area contributed by atoms with Gasteiger partial charge in [-0.3, -0.25) is 9.78 Å². The van der Waals surface area contributed by atoms with Crippen molar-refractivity contribution in [3.63, 3.8) is 0 Å². The van der Waals surface area contributed by atoms with Crippen LogP contribution in [0.15, 0.2) is 42.9 Å². The molecule has 0 aromatic carbocycles. The van der Waals surface area contributed by atoms with Crippen LogP contribution in [0.2, 0.25) is 0 Å². The Morgan fingerprint density at radius 1 is 1.15 bits per heavy atom. The van der Waals surface area contributed by atoms with Crippen molar-refractivity contribution in [2.45, 2.75) is 6.92 Å². The summed E-state index contributed by atoms with van der Waals surface area (Å²) in [5.74, 6) is 1.56. The van der Waals surface area contributed by atoms with Crippen molar-refractivity contribution >= 4 is 23.6 Å². The normalized spacial score (nSPS) is 15.1. The number of hydrogen-bond donors (Lipinski definition) is 0. The molecule has 26 heavy (non-hydrogen) atoms. The maximum Gasteiger partial charge on any atom is 0.254 e. The first-order valence-corrected chi connectivity index (χ1v) is 8.51. The van der Waals surface area contributed by atoms with Gasteiger partial charge >= 0.3 is 0 Å². The second-order valence-corrected chi connectivity index (χ2v) is 6.13. The number of amides is 1. The molecule has 1 aliphatic rings. The first kappa shape index (κ1) is 16.2. The lowest BCUT2D eigenvalue weighted by Gasteiger charge is -2.35. The van der Waals surface area contributed by atoms with Crippen molar-refractivity contribution in [2.24, 2.45) is 0 Å². The van der Waals surface area contributed by atoms with Gasteiger partial charge in [-0.15, -0.1) is 0 Å². The number of carbonyl (C=O) groups is 1. The molecule has 8 nitrogen and oxygen atoms in total. The van der Waals surface area contributed by atoms with Crippen LogP contribution in [0.4, 0.5) is 5.82 Å². The summed E-state index contributed by atoms with van der Waals surface area (Å²) >= 11 is 0. The summed E-state index contributed by atoms with van der Waals surface area (Å²) in [4.78, 5) is 29.2. The number of nitrogens with zero attached hydrogens (tertiary/aromatic N) is 7.